The molecule has 0 aliphatic rings. The van der Waals surface area contributed by atoms with E-state index in [0.717, 1.165) is 16.7 Å². The number of hydrogen-bond acceptors (Lipinski definition) is 3. The van der Waals surface area contributed by atoms with Crippen molar-refractivity contribution in [3.05, 3.63) is 28.5 Å². The summed E-state index contributed by atoms with van der Waals surface area (Å²) in [5.74, 6) is 0.0963. The summed E-state index contributed by atoms with van der Waals surface area (Å²) in [5, 5.41) is 6.14. The molecule has 5 heteroatoms. The fourth-order valence-corrected chi connectivity index (χ4v) is 1.80. The Kier molecular flexibility index (Phi) is 6.90. The highest BCUT2D eigenvalue weighted by Gasteiger charge is 2.04. The lowest BCUT2D eigenvalue weighted by molar-refractivity contribution is -0.121. The molecule has 0 aliphatic heterocycles. The fraction of sp³-hybridized carbons (Fsp3) is 0.538. The summed E-state index contributed by atoms with van der Waals surface area (Å²) in [7, 11) is 0. The Bertz CT molecular complexity index is 384. The molecule has 1 rings (SSSR count). The van der Waals surface area contributed by atoms with Crippen LogP contribution in [0.1, 0.15) is 32.4 Å². The predicted octanol–water partition coefficient (Wildman–Crippen LogP) is 2.24. The third-order valence-corrected chi connectivity index (χ3v) is 3.07. The fourth-order valence-electron chi connectivity index (χ4n) is 1.42. The molecule has 100 valence electrons. The van der Waals surface area contributed by atoms with Gasteiger partial charge in [-0.15, -0.1) is 0 Å². The van der Waals surface area contributed by atoms with Gasteiger partial charge in [0.15, 0.2) is 0 Å². The van der Waals surface area contributed by atoms with Gasteiger partial charge in [0, 0.05) is 25.6 Å². The Morgan fingerprint density at radius 3 is 2.94 bits per heavy atom. The summed E-state index contributed by atoms with van der Waals surface area (Å²) in [6, 6.07) is 6.05. The molecule has 0 saturated carbocycles. The van der Waals surface area contributed by atoms with Crippen LogP contribution in [0.15, 0.2) is 22.8 Å². The molecule has 0 saturated heterocycles. The summed E-state index contributed by atoms with van der Waals surface area (Å²) in [6.07, 6.45) is 1.46. The topological polar surface area (TPSA) is 54.0 Å². The number of hydrogen-bond donors (Lipinski definition) is 2. The van der Waals surface area contributed by atoms with Crippen LogP contribution in [-0.2, 0) is 11.3 Å². The minimum absolute atomic E-state index is 0.0963. The third kappa shape index (κ3) is 6.12. The highest BCUT2D eigenvalue weighted by Crippen LogP contribution is 2.05. The maximum absolute atomic E-state index is 11.5. The van der Waals surface area contributed by atoms with Gasteiger partial charge in [0.1, 0.15) is 4.60 Å². The van der Waals surface area contributed by atoms with Crippen molar-refractivity contribution >= 4 is 21.8 Å². The Hall–Kier alpha value is -0.940. The van der Waals surface area contributed by atoms with E-state index < -0.39 is 0 Å². The Morgan fingerprint density at radius 2 is 2.28 bits per heavy atom. The van der Waals surface area contributed by atoms with Crippen molar-refractivity contribution < 1.29 is 4.79 Å². The van der Waals surface area contributed by atoms with E-state index in [1.54, 1.807) is 0 Å². The standard InChI is InChI=1S/C13H20BrN3O/c1-3-10(2)16-13(18)7-8-15-9-11-5-4-6-12(14)17-11/h4-6,10,15H,3,7-9H2,1-2H3,(H,16,18). The van der Waals surface area contributed by atoms with E-state index in [1.807, 2.05) is 25.1 Å². The van der Waals surface area contributed by atoms with Gasteiger partial charge in [-0.2, -0.15) is 0 Å². The predicted molar refractivity (Wildman–Crippen MR) is 76.2 cm³/mol. The van der Waals surface area contributed by atoms with E-state index in [-0.39, 0.29) is 11.9 Å². The normalized spacial score (nSPS) is 12.2. The van der Waals surface area contributed by atoms with Crippen LogP contribution < -0.4 is 10.6 Å². The van der Waals surface area contributed by atoms with Crippen LogP contribution in [0.4, 0.5) is 0 Å². The first kappa shape index (κ1) is 15.1. The quantitative estimate of drug-likeness (QED) is 0.599. The molecular formula is C13H20BrN3O. The number of rotatable bonds is 7. The SMILES string of the molecule is CCC(C)NC(=O)CCNCc1cccc(Br)n1. The highest BCUT2D eigenvalue weighted by atomic mass is 79.9. The Labute approximate surface area is 117 Å². The van der Waals surface area contributed by atoms with Crippen LogP contribution >= 0.6 is 15.9 Å². The maximum atomic E-state index is 11.5. The first-order valence-corrected chi connectivity index (χ1v) is 7.02. The summed E-state index contributed by atoms with van der Waals surface area (Å²) < 4.78 is 0.830. The molecule has 0 aliphatic carbocycles. The number of carbonyl (C=O) groups is 1. The van der Waals surface area contributed by atoms with Gasteiger partial charge in [0.2, 0.25) is 5.91 Å². The second-order valence-electron chi connectivity index (χ2n) is 4.26. The molecule has 1 heterocycles. The van der Waals surface area contributed by atoms with E-state index >= 15 is 0 Å². The molecular weight excluding hydrogens is 294 g/mol. The van der Waals surface area contributed by atoms with Crippen molar-refractivity contribution in [2.75, 3.05) is 6.54 Å². The smallest absolute Gasteiger partial charge is 0.221 e. The Balaban J connectivity index is 2.17. The van der Waals surface area contributed by atoms with Crippen molar-refractivity contribution in [2.24, 2.45) is 0 Å². The molecule has 0 radical (unpaired) electrons. The zero-order valence-electron chi connectivity index (χ0n) is 10.9. The van der Waals surface area contributed by atoms with Gasteiger partial charge in [-0.05, 0) is 41.4 Å². The highest BCUT2D eigenvalue weighted by molar-refractivity contribution is 9.10. The summed E-state index contributed by atoms with van der Waals surface area (Å²) in [4.78, 5) is 15.8. The average Bonchev–Trinajstić information content (AvgIpc) is 2.34. The van der Waals surface area contributed by atoms with Gasteiger partial charge < -0.3 is 10.6 Å². The molecule has 1 aromatic rings. The van der Waals surface area contributed by atoms with Crippen molar-refractivity contribution in [2.45, 2.75) is 39.3 Å². The maximum Gasteiger partial charge on any atom is 0.221 e. The molecule has 1 amide bonds. The van der Waals surface area contributed by atoms with E-state index in [1.165, 1.54) is 0 Å². The van der Waals surface area contributed by atoms with Crippen LogP contribution in [0.5, 0.6) is 0 Å². The molecule has 2 N–H and O–H groups in total. The summed E-state index contributed by atoms with van der Waals surface area (Å²) >= 11 is 3.33. The van der Waals surface area contributed by atoms with Gasteiger partial charge in [-0.25, -0.2) is 4.98 Å². The second kappa shape index (κ2) is 8.21. The van der Waals surface area contributed by atoms with Gasteiger partial charge in [-0.1, -0.05) is 13.0 Å². The van der Waals surface area contributed by atoms with Gasteiger partial charge in [-0.3, -0.25) is 4.79 Å². The summed E-state index contributed by atoms with van der Waals surface area (Å²) in [6.45, 7) is 5.41. The Morgan fingerprint density at radius 1 is 1.50 bits per heavy atom. The second-order valence-corrected chi connectivity index (χ2v) is 5.07. The van der Waals surface area contributed by atoms with Gasteiger partial charge in [0.25, 0.3) is 0 Å². The lowest BCUT2D eigenvalue weighted by Gasteiger charge is -2.11. The molecule has 0 aromatic carbocycles. The van der Waals surface area contributed by atoms with E-state index in [2.05, 4.69) is 38.5 Å². The van der Waals surface area contributed by atoms with Gasteiger partial charge in [0.05, 0.1) is 5.69 Å². The minimum atomic E-state index is 0.0963. The first-order chi connectivity index (χ1) is 8.61. The van der Waals surface area contributed by atoms with Crippen molar-refractivity contribution in [1.82, 2.24) is 15.6 Å². The summed E-state index contributed by atoms with van der Waals surface area (Å²) in [5.41, 5.74) is 0.965. The first-order valence-electron chi connectivity index (χ1n) is 6.23. The number of aromatic nitrogens is 1. The molecule has 0 fully saturated rings. The van der Waals surface area contributed by atoms with E-state index in [0.29, 0.717) is 19.5 Å². The average molecular weight is 314 g/mol. The molecule has 18 heavy (non-hydrogen) atoms. The van der Waals surface area contributed by atoms with Crippen LogP contribution in [-0.4, -0.2) is 23.5 Å². The van der Waals surface area contributed by atoms with Gasteiger partial charge >= 0.3 is 0 Å². The molecule has 1 atom stereocenters. The molecule has 1 unspecified atom stereocenters. The number of amides is 1. The minimum Gasteiger partial charge on any atom is -0.354 e. The molecule has 0 spiro atoms. The zero-order chi connectivity index (χ0) is 13.4. The lowest BCUT2D eigenvalue weighted by Crippen LogP contribution is -2.33. The largest absolute Gasteiger partial charge is 0.354 e. The van der Waals surface area contributed by atoms with E-state index in [9.17, 15) is 4.79 Å². The number of pyridine rings is 1. The number of nitrogens with zero attached hydrogens (tertiary/aromatic N) is 1. The van der Waals surface area contributed by atoms with Crippen LogP contribution in [0, 0.1) is 0 Å². The number of nitrogens with one attached hydrogen (secondary N) is 2. The van der Waals surface area contributed by atoms with E-state index in [4.69, 9.17) is 0 Å². The number of halogens is 1. The zero-order valence-corrected chi connectivity index (χ0v) is 12.5. The van der Waals surface area contributed by atoms with Crippen molar-refractivity contribution in [1.29, 1.82) is 0 Å². The number of carbonyl (C=O) groups excluding carboxylic acids is 1. The molecule has 4 nitrogen and oxygen atoms in total. The third-order valence-electron chi connectivity index (χ3n) is 2.63. The van der Waals surface area contributed by atoms with Crippen molar-refractivity contribution in [3.63, 3.8) is 0 Å². The molecule has 0 bridgehead atoms. The van der Waals surface area contributed by atoms with Crippen LogP contribution in [0.25, 0.3) is 0 Å². The van der Waals surface area contributed by atoms with Crippen molar-refractivity contribution in [3.8, 4) is 0 Å². The van der Waals surface area contributed by atoms with Crippen LogP contribution in [0.2, 0.25) is 0 Å². The molecule has 1 aromatic heterocycles. The lowest BCUT2D eigenvalue weighted by atomic mass is 10.2. The van der Waals surface area contributed by atoms with Crippen LogP contribution in [0.3, 0.4) is 0 Å². The monoisotopic (exact) mass is 313 g/mol.